The number of aryl methyl sites for hydroxylation is 2. The number of fused-ring (bicyclic) bond motifs is 1. The topological polar surface area (TPSA) is 58.2 Å². The van der Waals surface area contributed by atoms with Crippen molar-refractivity contribution in [2.45, 2.75) is 45.4 Å². The summed E-state index contributed by atoms with van der Waals surface area (Å²) in [6.07, 6.45) is 6.79. The average Bonchev–Trinajstić information content (AvgIpc) is 2.92. The molecule has 2 N–H and O–H groups in total. The van der Waals surface area contributed by atoms with E-state index in [0.717, 1.165) is 25.7 Å². The lowest BCUT2D eigenvalue weighted by Crippen LogP contribution is -2.12. The molecule has 3 rings (SSSR count). The van der Waals surface area contributed by atoms with Crippen molar-refractivity contribution in [1.82, 2.24) is 0 Å². The number of nitrogens with one attached hydrogen (secondary N) is 2. The van der Waals surface area contributed by atoms with Gasteiger partial charge in [0.1, 0.15) is 5.82 Å². The summed E-state index contributed by atoms with van der Waals surface area (Å²) in [6.45, 7) is 1.38. The summed E-state index contributed by atoms with van der Waals surface area (Å²) in [6, 6.07) is 6.06. The van der Waals surface area contributed by atoms with E-state index in [1.165, 1.54) is 59.7 Å². The Morgan fingerprint density at radius 2 is 1.80 bits per heavy atom. The van der Waals surface area contributed by atoms with Crippen molar-refractivity contribution in [1.29, 1.82) is 0 Å². The number of hydrogen-bond donors (Lipinski definition) is 2. The molecular formula is C19H21FN2O2S. The highest BCUT2D eigenvalue weighted by Gasteiger charge is 2.17. The maximum Gasteiger partial charge on any atom is 0.265 e. The Labute approximate surface area is 150 Å². The van der Waals surface area contributed by atoms with Crippen molar-refractivity contribution >= 4 is 34.5 Å². The molecule has 25 heavy (non-hydrogen) atoms. The summed E-state index contributed by atoms with van der Waals surface area (Å²) in [7, 11) is 0. The maximum atomic E-state index is 14.0. The van der Waals surface area contributed by atoms with Crippen LogP contribution in [0.25, 0.3) is 0 Å². The maximum absolute atomic E-state index is 14.0. The first-order valence-corrected chi connectivity index (χ1v) is 9.34. The second-order valence-corrected chi connectivity index (χ2v) is 7.44. The van der Waals surface area contributed by atoms with Crippen LogP contribution in [0.3, 0.4) is 0 Å². The van der Waals surface area contributed by atoms with Crippen LogP contribution in [0.1, 0.15) is 52.7 Å². The third-order valence-electron chi connectivity index (χ3n) is 4.26. The number of anilines is 2. The lowest BCUT2D eigenvalue weighted by molar-refractivity contribution is -0.114. The van der Waals surface area contributed by atoms with Gasteiger partial charge in [-0.2, -0.15) is 0 Å². The van der Waals surface area contributed by atoms with Crippen molar-refractivity contribution in [3.63, 3.8) is 0 Å². The van der Waals surface area contributed by atoms with Gasteiger partial charge >= 0.3 is 0 Å². The third-order valence-corrected chi connectivity index (χ3v) is 5.49. The van der Waals surface area contributed by atoms with E-state index in [0.29, 0.717) is 10.6 Å². The van der Waals surface area contributed by atoms with E-state index in [1.54, 1.807) is 0 Å². The molecule has 0 radical (unpaired) electrons. The monoisotopic (exact) mass is 360 g/mol. The molecule has 0 aliphatic heterocycles. The summed E-state index contributed by atoms with van der Waals surface area (Å²) in [5.41, 5.74) is 1.77. The van der Waals surface area contributed by atoms with E-state index in [1.807, 2.05) is 6.07 Å². The van der Waals surface area contributed by atoms with E-state index in [4.69, 9.17) is 0 Å². The zero-order valence-corrected chi connectivity index (χ0v) is 15.0. The van der Waals surface area contributed by atoms with Gasteiger partial charge < -0.3 is 10.6 Å². The van der Waals surface area contributed by atoms with Gasteiger partial charge in [0.05, 0.1) is 10.6 Å². The molecule has 0 bridgehead atoms. The third kappa shape index (κ3) is 4.45. The van der Waals surface area contributed by atoms with Gasteiger partial charge in [-0.1, -0.05) is 12.8 Å². The van der Waals surface area contributed by atoms with Crippen molar-refractivity contribution in [3.05, 3.63) is 45.4 Å². The van der Waals surface area contributed by atoms with Crippen LogP contribution in [0, 0.1) is 5.82 Å². The molecule has 2 amide bonds. The Morgan fingerprint density at radius 1 is 1.04 bits per heavy atom. The Balaban J connectivity index is 1.78. The van der Waals surface area contributed by atoms with Crippen LogP contribution in [0.2, 0.25) is 0 Å². The second-order valence-electron chi connectivity index (χ2n) is 6.30. The van der Waals surface area contributed by atoms with E-state index in [2.05, 4.69) is 10.6 Å². The summed E-state index contributed by atoms with van der Waals surface area (Å²) < 4.78 is 14.0. The molecule has 2 aromatic rings. The smallest absolute Gasteiger partial charge is 0.265 e. The number of benzene rings is 1. The quantitative estimate of drug-likeness (QED) is 0.829. The normalized spacial score (nSPS) is 14.2. The van der Waals surface area contributed by atoms with E-state index in [9.17, 15) is 14.0 Å². The zero-order chi connectivity index (χ0) is 17.8. The summed E-state index contributed by atoms with van der Waals surface area (Å²) in [5, 5.41) is 5.21. The van der Waals surface area contributed by atoms with Gasteiger partial charge in [-0.3, -0.25) is 9.59 Å². The largest absolute Gasteiger partial charge is 0.326 e. The molecule has 0 atom stereocenters. The molecule has 1 aliphatic rings. The van der Waals surface area contributed by atoms with Gasteiger partial charge in [-0.15, -0.1) is 11.3 Å². The fourth-order valence-electron chi connectivity index (χ4n) is 3.04. The molecule has 0 fully saturated rings. The standard InChI is InChI=1S/C19H21FN2O2S/c1-12(23)21-14-8-9-15(20)16(11-14)22-19(24)18-10-13-6-4-2-3-5-7-17(13)25-18/h8-11H,2-7H2,1H3,(H,21,23)(H,22,24). The van der Waals surface area contributed by atoms with Gasteiger partial charge in [0.2, 0.25) is 5.91 Å². The molecule has 132 valence electrons. The predicted molar refractivity (Wildman–Crippen MR) is 98.9 cm³/mol. The molecule has 6 heteroatoms. The first-order chi connectivity index (χ1) is 12.0. The Kier molecular flexibility index (Phi) is 5.48. The van der Waals surface area contributed by atoms with E-state index in [-0.39, 0.29) is 17.5 Å². The Hall–Kier alpha value is -2.21. The minimum atomic E-state index is -0.530. The van der Waals surface area contributed by atoms with Crippen molar-refractivity contribution < 1.29 is 14.0 Å². The summed E-state index contributed by atoms with van der Waals surface area (Å²) in [4.78, 5) is 25.5. The summed E-state index contributed by atoms with van der Waals surface area (Å²) in [5.74, 6) is -1.09. The van der Waals surface area contributed by atoms with E-state index >= 15 is 0 Å². The molecule has 1 aliphatic carbocycles. The number of halogens is 1. The first kappa shape index (κ1) is 17.6. The van der Waals surface area contributed by atoms with Gasteiger partial charge in [0.15, 0.2) is 0 Å². The molecule has 0 saturated carbocycles. The molecule has 0 saturated heterocycles. The second kappa shape index (κ2) is 7.78. The number of amides is 2. The number of thiophene rings is 1. The van der Waals surface area contributed by atoms with Crippen molar-refractivity contribution in [3.8, 4) is 0 Å². The molecule has 0 spiro atoms. The Morgan fingerprint density at radius 3 is 2.56 bits per heavy atom. The van der Waals surface area contributed by atoms with Crippen LogP contribution >= 0.6 is 11.3 Å². The lowest BCUT2D eigenvalue weighted by atomic mass is 10.00. The molecule has 0 unspecified atom stereocenters. The van der Waals surface area contributed by atoms with E-state index < -0.39 is 5.82 Å². The first-order valence-electron chi connectivity index (χ1n) is 8.53. The lowest BCUT2D eigenvalue weighted by Gasteiger charge is -2.08. The number of hydrogen-bond acceptors (Lipinski definition) is 3. The van der Waals surface area contributed by atoms with Gasteiger partial charge in [-0.25, -0.2) is 4.39 Å². The predicted octanol–water partition coefficient (Wildman–Crippen LogP) is 4.76. The average molecular weight is 360 g/mol. The number of carbonyl (C=O) groups is 2. The molecule has 4 nitrogen and oxygen atoms in total. The highest BCUT2D eigenvalue weighted by atomic mass is 32.1. The molecule has 1 aromatic heterocycles. The Bertz CT molecular complexity index is 775. The SMILES string of the molecule is CC(=O)Nc1ccc(F)c(NC(=O)c2cc3c(s2)CCCCCC3)c1. The number of rotatable bonds is 3. The fraction of sp³-hybridized carbons (Fsp3) is 0.368. The van der Waals surface area contributed by atoms with Crippen LogP contribution in [-0.2, 0) is 17.6 Å². The highest BCUT2D eigenvalue weighted by molar-refractivity contribution is 7.14. The fourth-order valence-corrected chi connectivity index (χ4v) is 4.19. The van der Waals surface area contributed by atoms with Crippen molar-refractivity contribution in [2.75, 3.05) is 10.6 Å². The number of carbonyl (C=O) groups excluding carboxylic acids is 2. The zero-order valence-electron chi connectivity index (χ0n) is 14.2. The van der Waals surface area contributed by atoms with Gasteiger partial charge in [0, 0.05) is 17.5 Å². The molecule has 1 heterocycles. The highest BCUT2D eigenvalue weighted by Crippen LogP contribution is 2.29. The van der Waals surface area contributed by atoms with Crippen molar-refractivity contribution in [2.24, 2.45) is 0 Å². The van der Waals surface area contributed by atoms with Gasteiger partial charge in [-0.05, 0) is 55.5 Å². The van der Waals surface area contributed by atoms with Crippen LogP contribution in [0.4, 0.5) is 15.8 Å². The van der Waals surface area contributed by atoms with Crippen LogP contribution in [0.15, 0.2) is 24.3 Å². The van der Waals surface area contributed by atoms with Crippen LogP contribution < -0.4 is 10.6 Å². The minimum absolute atomic E-state index is 0.0667. The summed E-state index contributed by atoms with van der Waals surface area (Å²) >= 11 is 1.50. The van der Waals surface area contributed by atoms with Gasteiger partial charge in [0.25, 0.3) is 5.91 Å². The van der Waals surface area contributed by atoms with Crippen LogP contribution in [-0.4, -0.2) is 11.8 Å². The van der Waals surface area contributed by atoms with Crippen LogP contribution in [0.5, 0.6) is 0 Å². The minimum Gasteiger partial charge on any atom is -0.326 e. The molecular weight excluding hydrogens is 339 g/mol. The molecule has 1 aromatic carbocycles.